The number of ether oxygens (including phenoxy) is 1. The monoisotopic (exact) mass is 292 g/mol. The van der Waals surface area contributed by atoms with Crippen LogP contribution in [0.1, 0.15) is 16.1 Å². The molecule has 3 aromatic rings. The molecule has 2 heterocycles. The number of nitrogen functional groups attached to an aromatic ring is 1. The lowest BCUT2D eigenvalue weighted by Crippen LogP contribution is -2.13. The molecule has 0 atom stereocenters. The first-order valence-electron chi connectivity index (χ1n) is 6.43. The van der Waals surface area contributed by atoms with E-state index in [1.165, 1.54) is 7.11 Å². The Hall–Kier alpha value is -3.33. The van der Waals surface area contributed by atoms with Gasteiger partial charge in [0.25, 0.3) is 0 Å². The number of fused-ring (bicyclic) bond motifs is 1. The molecule has 2 aromatic heterocycles. The number of anilines is 1. The summed E-state index contributed by atoms with van der Waals surface area (Å²) in [6, 6.07) is 7.27. The first-order chi connectivity index (χ1) is 10.7. The molecule has 0 amide bonds. The quantitative estimate of drug-likeness (QED) is 0.574. The van der Waals surface area contributed by atoms with Gasteiger partial charge in [0.05, 0.1) is 7.11 Å². The zero-order valence-electron chi connectivity index (χ0n) is 11.8. The normalized spacial score (nSPS) is 10.4. The standard InChI is InChI=1S/C16H12N4O2/c1-3-10-5-4-6-11(9-10)12-15-18-7-8-20(15)14(17)13(19-12)16(21)22-2/h1,4-9H,17H2,2H3. The average molecular weight is 292 g/mol. The molecule has 0 bridgehead atoms. The van der Waals surface area contributed by atoms with Crippen molar-refractivity contribution in [3.8, 4) is 23.6 Å². The number of esters is 1. The van der Waals surface area contributed by atoms with Gasteiger partial charge in [0.2, 0.25) is 0 Å². The molecule has 108 valence electrons. The number of methoxy groups -OCH3 is 1. The fourth-order valence-electron chi connectivity index (χ4n) is 2.20. The molecule has 0 spiro atoms. The lowest BCUT2D eigenvalue weighted by atomic mass is 10.1. The van der Waals surface area contributed by atoms with E-state index in [1.807, 2.05) is 18.2 Å². The van der Waals surface area contributed by atoms with Crippen LogP contribution < -0.4 is 5.73 Å². The van der Waals surface area contributed by atoms with E-state index in [0.29, 0.717) is 16.9 Å². The number of aromatic nitrogens is 3. The predicted molar refractivity (Wildman–Crippen MR) is 82.1 cm³/mol. The maximum atomic E-state index is 11.9. The van der Waals surface area contributed by atoms with Crippen molar-refractivity contribution in [3.05, 3.63) is 47.9 Å². The topological polar surface area (TPSA) is 82.5 Å². The molecule has 0 saturated carbocycles. The molecular weight excluding hydrogens is 280 g/mol. The van der Waals surface area contributed by atoms with Gasteiger partial charge in [0, 0.05) is 23.5 Å². The summed E-state index contributed by atoms with van der Waals surface area (Å²) in [5.74, 6) is 2.14. The molecule has 0 fully saturated rings. The van der Waals surface area contributed by atoms with Crippen molar-refractivity contribution >= 4 is 17.4 Å². The number of nitrogens with zero attached hydrogens (tertiary/aromatic N) is 3. The summed E-state index contributed by atoms with van der Waals surface area (Å²) in [5.41, 5.74) is 8.51. The number of benzene rings is 1. The molecule has 0 unspecified atom stereocenters. The van der Waals surface area contributed by atoms with Crippen molar-refractivity contribution in [2.45, 2.75) is 0 Å². The van der Waals surface area contributed by atoms with E-state index in [0.717, 1.165) is 5.56 Å². The summed E-state index contributed by atoms with van der Waals surface area (Å²) >= 11 is 0. The SMILES string of the molecule is C#Cc1cccc(-c2nc(C(=O)OC)c(N)n3ccnc23)c1. The largest absolute Gasteiger partial charge is 0.464 e. The van der Waals surface area contributed by atoms with E-state index in [-0.39, 0.29) is 11.5 Å². The van der Waals surface area contributed by atoms with Crippen molar-refractivity contribution in [3.63, 3.8) is 0 Å². The molecular formula is C16H12N4O2. The smallest absolute Gasteiger partial charge is 0.360 e. The van der Waals surface area contributed by atoms with Crippen LogP contribution in [0.25, 0.3) is 16.9 Å². The molecule has 6 nitrogen and oxygen atoms in total. The van der Waals surface area contributed by atoms with Gasteiger partial charge in [-0.1, -0.05) is 18.1 Å². The van der Waals surface area contributed by atoms with Gasteiger partial charge in [-0.25, -0.2) is 14.8 Å². The number of carbonyl (C=O) groups excluding carboxylic acids is 1. The highest BCUT2D eigenvalue weighted by molar-refractivity contribution is 5.94. The molecule has 0 saturated heterocycles. The Kier molecular flexibility index (Phi) is 3.24. The molecule has 0 aliphatic carbocycles. The minimum absolute atomic E-state index is 0.0362. The summed E-state index contributed by atoms with van der Waals surface area (Å²) in [6.45, 7) is 0. The second-order valence-corrected chi connectivity index (χ2v) is 4.53. The molecule has 0 aliphatic heterocycles. The second-order valence-electron chi connectivity index (χ2n) is 4.53. The van der Waals surface area contributed by atoms with Crippen LogP contribution in [-0.2, 0) is 4.74 Å². The second kappa shape index (κ2) is 5.22. The molecule has 1 aromatic carbocycles. The summed E-state index contributed by atoms with van der Waals surface area (Å²) in [5, 5.41) is 0. The van der Waals surface area contributed by atoms with E-state index in [9.17, 15) is 4.79 Å². The third-order valence-corrected chi connectivity index (χ3v) is 3.26. The van der Waals surface area contributed by atoms with Crippen LogP contribution in [0.3, 0.4) is 0 Å². The van der Waals surface area contributed by atoms with Gasteiger partial charge in [0.1, 0.15) is 11.5 Å². The highest BCUT2D eigenvalue weighted by Crippen LogP contribution is 2.26. The van der Waals surface area contributed by atoms with Crippen molar-refractivity contribution < 1.29 is 9.53 Å². The molecule has 3 rings (SSSR count). The number of imidazole rings is 1. The Bertz CT molecular complexity index is 922. The van der Waals surface area contributed by atoms with Crippen LogP contribution in [0, 0.1) is 12.3 Å². The Morgan fingerprint density at radius 3 is 3.00 bits per heavy atom. The highest BCUT2D eigenvalue weighted by Gasteiger charge is 2.19. The van der Waals surface area contributed by atoms with Gasteiger partial charge in [-0.15, -0.1) is 6.42 Å². The highest BCUT2D eigenvalue weighted by atomic mass is 16.5. The molecule has 22 heavy (non-hydrogen) atoms. The summed E-state index contributed by atoms with van der Waals surface area (Å²) in [6.07, 6.45) is 8.67. The van der Waals surface area contributed by atoms with Crippen LogP contribution in [0.2, 0.25) is 0 Å². The first kappa shape index (κ1) is 13.6. The molecule has 6 heteroatoms. The van der Waals surface area contributed by atoms with Crippen LogP contribution >= 0.6 is 0 Å². The number of nitrogens with two attached hydrogens (primary N) is 1. The summed E-state index contributed by atoms with van der Waals surface area (Å²) in [4.78, 5) is 20.5. The predicted octanol–water partition coefficient (Wildman–Crippen LogP) is 1.75. The average Bonchev–Trinajstić information content (AvgIpc) is 3.05. The van der Waals surface area contributed by atoms with E-state index in [1.54, 1.807) is 22.9 Å². The fourth-order valence-corrected chi connectivity index (χ4v) is 2.20. The number of rotatable bonds is 2. The van der Waals surface area contributed by atoms with Crippen LogP contribution in [0.4, 0.5) is 5.82 Å². The van der Waals surface area contributed by atoms with Crippen molar-refractivity contribution in [1.82, 2.24) is 14.4 Å². The number of carbonyl (C=O) groups is 1. The lowest BCUT2D eigenvalue weighted by molar-refractivity contribution is 0.0595. The number of hydrogen-bond acceptors (Lipinski definition) is 5. The Morgan fingerprint density at radius 1 is 1.45 bits per heavy atom. The van der Waals surface area contributed by atoms with Crippen molar-refractivity contribution in [2.75, 3.05) is 12.8 Å². The Morgan fingerprint density at radius 2 is 2.27 bits per heavy atom. The fraction of sp³-hybridized carbons (Fsp3) is 0.0625. The van der Waals surface area contributed by atoms with Crippen molar-refractivity contribution in [1.29, 1.82) is 0 Å². The van der Waals surface area contributed by atoms with E-state index in [4.69, 9.17) is 16.9 Å². The number of hydrogen-bond donors (Lipinski definition) is 1. The van der Waals surface area contributed by atoms with Gasteiger partial charge >= 0.3 is 5.97 Å². The van der Waals surface area contributed by atoms with Gasteiger partial charge < -0.3 is 10.5 Å². The number of terminal acetylenes is 1. The molecule has 0 aliphatic rings. The van der Waals surface area contributed by atoms with E-state index >= 15 is 0 Å². The third kappa shape index (κ3) is 2.05. The van der Waals surface area contributed by atoms with Gasteiger partial charge in [-0.3, -0.25) is 4.40 Å². The summed E-state index contributed by atoms with van der Waals surface area (Å²) in [7, 11) is 1.28. The zero-order valence-corrected chi connectivity index (χ0v) is 11.8. The zero-order chi connectivity index (χ0) is 15.7. The van der Waals surface area contributed by atoms with E-state index in [2.05, 4.69) is 15.9 Å². The van der Waals surface area contributed by atoms with Gasteiger partial charge in [-0.2, -0.15) is 0 Å². The maximum Gasteiger partial charge on any atom is 0.360 e. The minimum atomic E-state index is -0.609. The van der Waals surface area contributed by atoms with Gasteiger partial charge in [0.15, 0.2) is 11.3 Å². The maximum absolute atomic E-state index is 11.9. The van der Waals surface area contributed by atoms with Crippen molar-refractivity contribution in [2.24, 2.45) is 0 Å². The van der Waals surface area contributed by atoms with Gasteiger partial charge in [-0.05, 0) is 12.1 Å². The minimum Gasteiger partial charge on any atom is -0.464 e. The van der Waals surface area contributed by atoms with Crippen LogP contribution in [0.5, 0.6) is 0 Å². The summed E-state index contributed by atoms with van der Waals surface area (Å²) < 4.78 is 6.33. The first-order valence-corrected chi connectivity index (χ1v) is 6.43. The molecule has 2 N–H and O–H groups in total. The van der Waals surface area contributed by atoms with E-state index < -0.39 is 5.97 Å². The van der Waals surface area contributed by atoms with Crippen LogP contribution in [0.15, 0.2) is 36.7 Å². The third-order valence-electron chi connectivity index (χ3n) is 3.26. The Balaban J connectivity index is 2.33. The lowest BCUT2D eigenvalue weighted by Gasteiger charge is -2.10. The Labute approximate surface area is 126 Å². The molecule has 0 radical (unpaired) electrons. The van der Waals surface area contributed by atoms with Crippen LogP contribution in [-0.4, -0.2) is 27.4 Å².